The predicted octanol–water partition coefficient (Wildman–Crippen LogP) is 3.00. The maximum Gasteiger partial charge on any atom is 0.164 e. The number of hydrogen-bond acceptors (Lipinski definition) is 4. The quantitative estimate of drug-likeness (QED) is 0.575. The van der Waals surface area contributed by atoms with E-state index >= 15 is 0 Å². The van der Waals surface area contributed by atoms with Crippen LogP contribution in [0.2, 0.25) is 0 Å². The molecule has 0 N–H and O–H groups in total. The summed E-state index contributed by atoms with van der Waals surface area (Å²) < 4.78 is 6.90. The van der Waals surface area contributed by atoms with Gasteiger partial charge >= 0.3 is 0 Å². The average Bonchev–Trinajstić information content (AvgIpc) is 2.83. The molecule has 0 radical (unpaired) electrons. The summed E-state index contributed by atoms with van der Waals surface area (Å²) in [6, 6.07) is 9.74. The molecule has 0 aliphatic rings. The topological polar surface area (TPSA) is 39.4 Å². The van der Waals surface area contributed by atoms with E-state index in [4.69, 9.17) is 4.74 Å². The second-order valence-corrected chi connectivity index (χ2v) is 4.74. The van der Waals surface area contributed by atoms with Gasteiger partial charge in [-0.1, -0.05) is 12.1 Å². The molecule has 0 saturated carbocycles. The fourth-order valence-electron chi connectivity index (χ4n) is 2.04. The number of aryl methyl sites for hydroxylation is 1. The molecule has 19 heavy (non-hydrogen) atoms. The second-order valence-electron chi connectivity index (χ2n) is 4.28. The van der Waals surface area contributed by atoms with Crippen molar-refractivity contribution in [1.82, 2.24) is 14.6 Å². The van der Waals surface area contributed by atoms with Gasteiger partial charge < -0.3 is 4.74 Å². The highest BCUT2D eigenvalue weighted by molar-refractivity contribution is 7.80. The van der Waals surface area contributed by atoms with Gasteiger partial charge in [0, 0.05) is 11.3 Å². The molecular formula is C14H13N3OS. The Bertz CT molecular complexity index is 734. The summed E-state index contributed by atoms with van der Waals surface area (Å²) in [6.45, 7) is 1.95. The Morgan fingerprint density at radius 1 is 1.21 bits per heavy atom. The van der Waals surface area contributed by atoms with Gasteiger partial charge in [0.1, 0.15) is 5.75 Å². The van der Waals surface area contributed by atoms with Crippen molar-refractivity contribution < 1.29 is 4.74 Å². The molecule has 1 aromatic carbocycles. The normalized spacial score (nSPS) is 10.9. The standard InChI is InChI=1S/C14H13N3OS/c1-9-7-13(19)17-14(16-9)12(8-15-17)10-3-5-11(18-2)6-4-10/h3-8,19H,1-2H3. The lowest BCUT2D eigenvalue weighted by molar-refractivity contribution is 0.415. The highest BCUT2D eigenvalue weighted by Crippen LogP contribution is 2.26. The molecule has 0 atom stereocenters. The maximum atomic E-state index is 5.16. The number of benzene rings is 1. The van der Waals surface area contributed by atoms with Crippen LogP contribution < -0.4 is 4.74 Å². The molecule has 96 valence electrons. The number of fused-ring (bicyclic) bond motifs is 1. The van der Waals surface area contributed by atoms with E-state index in [-0.39, 0.29) is 0 Å². The largest absolute Gasteiger partial charge is 0.497 e. The molecule has 2 aromatic heterocycles. The van der Waals surface area contributed by atoms with Crippen LogP contribution >= 0.6 is 12.6 Å². The fraction of sp³-hybridized carbons (Fsp3) is 0.143. The van der Waals surface area contributed by atoms with E-state index in [1.807, 2.05) is 43.5 Å². The van der Waals surface area contributed by atoms with Crippen molar-refractivity contribution in [2.24, 2.45) is 0 Å². The zero-order valence-corrected chi connectivity index (χ0v) is 11.6. The van der Waals surface area contributed by atoms with Gasteiger partial charge in [-0.15, -0.1) is 12.6 Å². The van der Waals surface area contributed by atoms with E-state index in [1.54, 1.807) is 11.6 Å². The Hall–Kier alpha value is -2.01. The maximum absolute atomic E-state index is 5.16. The lowest BCUT2D eigenvalue weighted by Crippen LogP contribution is -1.95. The van der Waals surface area contributed by atoms with Crippen LogP contribution in [-0.4, -0.2) is 21.7 Å². The first-order valence-electron chi connectivity index (χ1n) is 5.88. The van der Waals surface area contributed by atoms with Crippen molar-refractivity contribution >= 4 is 18.3 Å². The Kier molecular flexibility index (Phi) is 2.91. The van der Waals surface area contributed by atoms with Gasteiger partial charge in [0.25, 0.3) is 0 Å². The molecule has 0 spiro atoms. The van der Waals surface area contributed by atoms with Crippen LogP contribution in [-0.2, 0) is 0 Å². The van der Waals surface area contributed by atoms with Crippen molar-refractivity contribution in [3.8, 4) is 16.9 Å². The fourth-order valence-corrected chi connectivity index (χ4v) is 2.37. The Morgan fingerprint density at radius 3 is 2.63 bits per heavy atom. The van der Waals surface area contributed by atoms with Gasteiger partial charge in [0.15, 0.2) is 5.65 Å². The minimum atomic E-state index is 0.780. The Balaban J connectivity index is 2.19. The van der Waals surface area contributed by atoms with Crippen LogP contribution in [0.15, 0.2) is 41.6 Å². The Morgan fingerprint density at radius 2 is 1.95 bits per heavy atom. The van der Waals surface area contributed by atoms with Crippen molar-refractivity contribution in [1.29, 1.82) is 0 Å². The summed E-state index contributed by atoms with van der Waals surface area (Å²) in [6.07, 6.45) is 1.81. The van der Waals surface area contributed by atoms with Crippen LogP contribution in [0.3, 0.4) is 0 Å². The van der Waals surface area contributed by atoms with E-state index in [1.165, 1.54) is 0 Å². The number of ether oxygens (including phenoxy) is 1. The zero-order chi connectivity index (χ0) is 13.4. The minimum absolute atomic E-state index is 0.780. The third kappa shape index (κ3) is 2.06. The first kappa shape index (κ1) is 12.0. The molecule has 3 aromatic rings. The summed E-state index contributed by atoms with van der Waals surface area (Å²) in [7, 11) is 1.66. The van der Waals surface area contributed by atoms with E-state index in [0.29, 0.717) is 0 Å². The molecule has 3 rings (SSSR count). The third-order valence-electron chi connectivity index (χ3n) is 2.98. The van der Waals surface area contributed by atoms with E-state index < -0.39 is 0 Å². The van der Waals surface area contributed by atoms with Crippen molar-refractivity contribution in [2.75, 3.05) is 7.11 Å². The second kappa shape index (κ2) is 4.59. The molecule has 0 amide bonds. The third-order valence-corrected chi connectivity index (χ3v) is 3.30. The molecule has 4 nitrogen and oxygen atoms in total. The van der Waals surface area contributed by atoms with Gasteiger partial charge in [-0.25, -0.2) is 9.50 Å². The molecular weight excluding hydrogens is 258 g/mol. The van der Waals surface area contributed by atoms with Crippen LogP contribution in [0.25, 0.3) is 16.8 Å². The lowest BCUT2D eigenvalue weighted by atomic mass is 10.1. The zero-order valence-electron chi connectivity index (χ0n) is 10.7. The molecule has 2 heterocycles. The van der Waals surface area contributed by atoms with Gasteiger partial charge in [0.2, 0.25) is 0 Å². The summed E-state index contributed by atoms with van der Waals surface area (Å²) in [4.78, 5) is 4.54. The summed E-state index contributed by atoms with van der Waals surface area (Å²) in [5.41, 5.74) is 3.78. The molecule has 0 aliphatic carbocycles. The van der Waals surface area contributed by atoms with Crippen LogP contribution in [0.1, 0.15) is 5.69 Å². The van der Waals surface area contributed by atoms with E-state index in [0.717, 1.165) is 33.2 Å². The van der Waals surface area contributed by atoms with Crippen LogP contribution in [0.5, 0.6) is 5.75 Å². The molecule has 0 saturated heterocycles. The SMILES string of the molecule is COc1ccc(-c2cnn3c(S)cc(C)nc23)cc1. The Labute approximate surface area is 116 Å². The summed E-state index contributed by atoms with van der Waals surface area (Å²) in [5, 5.41) is 5.10. The van der Waals surface area contributed by atoms with Gasteiger partial charge in [-0.05, 0) is 30.7 Å². The average molecular weight is 271 g/mol. The minimum Gasteiger partial charge on any atom is -0.497 e. The molecule has 0 bridgehead atoms. The smallest absolute Gasteiger partial charge is 0.164 e. The summed E-state index contributed by atoms with van der Waals surface area (Å²) in [5.74, 6) is 0.833. The van der Waals surface area contributed by atoms with Gasteiger partial charge in [-0.2, -0.15) is 5.10 Å². The number of rotatable bonds is 2. The number of aromatic nitrogens is 3. The number of hydrogen-bond donors (Lipinski definition) is 1. The van der Waals surface area contributed by atoms with Crippen molar-refractivity contribution in [3.05, 3.63) is 42.2 Å². The number of thiol groups is 1. The highest BCUT2D eigenvalue weighted by Gasteiger charge is 2.10. The summed E-state index contributed by atoms with van der Waals surface area (Å²) >= 11 is 4.42. The van der Waals surface area contributed by atoms with Gasteiger partial charge in [0.05, 0.1) is 18.3 Å². The first-order valence-corrected chi connectivity index (χ1v) is 6.32. The molecule has 5 heteroatoms. The van der Waals surface area contributed by atoms with Crippen LogP contribution in [0.4, 0.5) is 0 Å². The molecule has 0 aliphatic heterocycles. The lowest BCUT2D eigenvalue weighted by Gasteiger charge is -2.03. The van der Waals surface area contributed by atoms with Crippen molar-refractivity contribution in [3.63, 3.8) is 0 Å². The van der Waals surface area contributed by atoms with Crippen LogP contribution in [0, 0.1) is 6.92 Å². The molecule has 0 unspecified atom stereocenters. The monoisotopic (exact) mass is 271 g/mol. The highest BCUT2D eigenvalue weighted by atomic mass is 32.1. The van der Waals surface area contributed by atoms with Crippen molar-refractivity contribution in [2.45, 2.75) is 11.9 Å². The molecule has 0 fully saturated rings. The predicted molar refractivity (Wildman–Crippen MR) is 77.0 cm³/mol. The number of methoxy groups -OCH3 is 1. The van der Waals surface area contributed by atoms with E-state index in [2.05, 4.69) is 22.7 Å². The number of nitrogens with zero attached hydrogens (tertiary/aromatic N) is 3. The van der Waals surface area contributed by atoms with E-state index in [9.17, 15) is 0 Å². The van der Waals surface area contributed by atoms with Gasteiger partial charge in [-0.3, -0.25) is 0 Å². The first-order chi connectivity index (χ1) is 9.19.